The van der Waals surface area contributed by atoms with Gasteiger partial charge in [-0.3, -0.25) is 13.9 Å². The zero-order chi connectivity index (χ0) is 28.6. The van der Waals surface area contributed by atoms with Crippen LogP contribution in [0.3, 0.4) is 0 Å². The van der Waals surface area contributed by atoms with E-state index in [0.717, 1.165) is 15.4 Å². The first kappa shape index (κ1) is 30.0. The standard InChI is InChI=1S/C29H34ClN3O5S/c1-5-26(29(35)31-6-2)32(19-22-10-8-7-9-11-22)28(34)20-33(23-14-17-27(38-4)25(30)18-23)39(36,37)24-15-12-21(3)13-16-24/h7-18,26H,5-6,19-20H2,1-4H3,(H,31,35)/t26-/m0/s1. The molecular weight excluding hydrogens is 538 g/mol. The molecule has 0 saturated carbocycles. The second-order valence-corrected chi connectivity index (χ2v) is 11.2. The van der Waals surface area contributed by atoms with Crippen LogP contribution in [0.15, 0.2) is 77.7 Å². The molecule has 208 valence electrons. The van der Waals surface area contributed by atoms with Crippen LogP contribution in [-0.2, 0) is 26.2 Å². The number of nitrogens with zero attached hydrogens (tertiary/aromatic N) is 2. The Kier molecular flexibility index (Phi) is 10.4. The van der Waals surface area contributed by atoms with E-state index in [1.165, 1.54) is 36.3 Å². The molecule has 8 nitrogen and oxygen atoms in total. The predicted octanol–water partition coefficient (Wildman–Crippen LogP) is 4.80. The third kappa shape index (κ3) is 7.30. The Morgan fingerprint density at radius 3 is 2.23 bits per heavy atom. The van der Waals surface area contributed by atoms with E-state index in [9.17, 15) is 18.0 Å². The van der Waals surface area contributed by atoms with E-state index in [1.807, 2.05) is 44.2 Å². The number of halogens is 1. The van der Waals surface area contributed by atoms with Crippen LogP contribution in [0.4, 0.5) is 5.69 Å². The van der Waals surface area contributed by atoms with Gasteiger partial charge in [0.15, 0.2) is 0 Å². The Bertz CT molecular complexity index is 1380. The van der Waals surface area contributed by atoms with Gasteiger partial charge in [-0.2, -0.15) is 0 Å². The first-order chi connectivity index (χ1) is 18.6. The number of hydrogen-bond acceptors (Lipinski definition) is 5. The van der Waals surface area contributed by atoms with Crippen molar-refractivity contribution < 1.29 is 22.7 Å². The molecule has 2 amide bonds. The maximum atomic E-state index is 14.0. The highest BCUT2D eigenvalue weighted by Gasteiger charge is 2.33. The molecule has 3 aromatic carbocycles. The van der Waals surface area contributed by atoms with Gasteiger partial charge < -0.3 is 15.0 Å². The van der Waals surface area contributed by atoms with Gasteiger partial charge in [0.05, 0.1) is 22.7 Å². The number of nitrogens with one attached hydrogen (secondary N) is 1. The predicted molar refractivity (Wildman–Crippen MR) is 153 cm³/mol. The van der Waals surface area contributed by atoms with Crippen molar-refractivity contribution in [1.29, 1.82) is 0 Å². The molecule has 3 aromatic rings. The summed E-state index contributed by atoms with van der Waals surface area (Å²) in [7, 11) is -2.73. The van der Waals surface area contributed by atoms with E-state index in [0.29, 0.717) is 18.7 Å². The van der Waals surface area contributed by atoms with Crippen LogP contribution in [0, 0.1) is 6.92 Å². The van der Waals surface area contributed by atoms with Crippen molar-refractivity contribution in [1.82, 2.24) is 10.2 Å². The fraction of sp³-hybridized carbons (Fsp3) is 0.310. The Morgan fingerprint density at radius 1 is 1.00 bits per heavy atom. The molecular formula is C29H34ClN3O5S. The number of amides is 2. The summed E-state index contributed by atoms with van der Waals surface area (Å²) in [5, 5.41) is 2.98. The summed E-state index contributed by atoms with van der Waals surface area (Å²) in [5.41, 5.74) is 1.90. The molecule has 0 unspecified atom stereocenters. The smallest absolute Gasteiger partial charge is 0.264 e. The number of rotatable bonds is 12. The van der Waals surface area contributed by atoms with Crippen LogP contribution < -0.4 is 14.4 Å². The van der Waals surface area contributed by atoms with E-state index in [-0.39, 0.29) is 28.1 Å². The first-order valence-corrected chi connectivity index (χ1v) is 14.5. The highest BCUT2D eigenvalue weighted by molar-refractivity contribution is 7.92. The molecule has 0 aliphatic heterocycles. The molecule has 1 atom stereocenters. The number of anilines is 1. The van der Waals surface area contributed by atoms with Crippen molar-refractivity contribution in [2.24, 2.45) is 0 Å². The molecule has 0 fully saturated rings. The molecule has 0 saturated heterocycles. The number of ether oxygens (including phenoxy) is 1. The van der Waals surface area contributed by atoms with E-state index >= 15 is 0 Å². The van der Waals surface area contributed by atoms with Gasteiger partial charge in [0.2, 0.25) is 11.8 Å². The molecule has 39 heavy (non-hydrogen) atoms. The molecule has 3 rings (SSSR count). The van der Waals surface area contributed by atoms with Gasteiger partial charge in [0.1, 0.15) is 18.3 Å². The van der Waals surface area contributed by atoms with Gasteiger partial charge in [-0.1, -0.05) is 66.6 Å². The lowest BCUT2D eigenvalue weighted by Crippen LogP contribution is -2.52. The maximum Gasteiger partial charge on any atom is 0.264 e. The fourth-order valence-electron chi connectivity index (χ4n) is 4.17. The third-order valence-corrected chi connectivity index (χ3v) is 8.33. The summed E-state index contributed by atoms with van der Waals surface area (Å²) >= 11 is 6.35. The van der Waals surface area contributed by atoms with Crippen LogP contribution in [0.25, 0.3) is 0 Å². The number of sulfonamides is 1. The minimum atomic E-state index is -4.19. The number of methoxy groups -OCH3 is 1. The summed E-state index contributed by atoms with van der Waals surface area (Å²) in [6.45, 7) is 5.47. The molecule has 1 N–H and O–H groups in total. The number of likely N-dealkylation sites (N-methyl/N-ethyl adjacent to an activating group) is 1. The molecule has 0 bridgehead atoms. The lowest BCUT2D eigenvalue weighted by atomic mass is 10.1. The number of hydrogen-bond donors (Lipinski definition) is 1. The van der Waals surface area contributed by atoms with Crippen LogP contribution in [0.2, 0.25) is 5.02 Å². The van der Waals surface area contributed by atoms with E-state index in [2.05, 4.69) is 5.32 Å². The van der Waals surface area contributed by atoms with Gasteiger partial charge in [0.25, 0.3) is 10.0 Å². The van der Waals surface area contributed by atoms with Crippen LogP contribution in [0.1, 0.15) is 31.4 Å². The summed E-state index contributed by atoms with van der Waals surface area (Å²) in [4.78, 5) is 28.4. The van der Waals surface area contributed by atoms with Gasteiger partial charge in [0, 0.05) is 13.1 Å². The SMILES string of the molecule is CCNC(=O)[C@H](CC)N(Cc1ccccc1)C(=O)CN(c1ccc(OC)c(Cl)c1)S(=O)(=O)c1ccc(C)cc1. The number of carbonyl (C=O) groups is 2. The zero-order valence-corrected chi connectivity index (χ0v) is 24.1. The van der Waals surface area contributed by atoms with E-state index in [4.69, 9.17) is 16.3 Å². The second-order valence-electron chi connectivity index (χ2n) is 8.97. The van der Waals surface area contributed by atoms with Crippen molar-refractivity contribution in [2.75, 3.05) is 24.5 Å². The van der Waals surface area contributed by atoms with Gasteiger partial charge >= 0.3 is 0 Å². The molecule has 10 heteroatoms. The van der Waals surface area contributed by atoms with Crippen molar-refractivity contribution in [3.63, 3.8) is 0 Å². The van der Waals surface area contributed by atoms with E-state index < -0.39 is 28.5 Å². The quantitative estimate of drug-likeness (QED) is 0.337. The minimum absolute atomic E-state index is 0.0261. The van der Waals surface area contributed by atoms with Gasteiger partial charge in [-0.25, -0.2) is 8.42 Å². The molecule has 0 aliphatic carbocycles. The molecule has 0 aromatic heterocycles. The van der Waals surface area contributed by atoms with Crippen molar-refractivity contribution in [3.05, 3.63) is 88.9 Å². The normalized spacial score (nSPS) is 11.9. The summed E-state index contributed by atoms with van der Waals surface area (Å²) in [6, 6.07) is 19.4. The molecule has 0 heterocycles. The maximum absolute atomic E-state index is 14.0. The number of benzene rings is 3. The molecule has 0 radical (unpaired) electrons. The topological polar surface area (TPSA) is 96.0 Å². The van der Waals surface area contributed by atoms with Crippen molar-refractivity contribution in [3.8, 4) is 5.75 Å². The average molecular weight is 572 g/mol. The largest absolute Gasteiger partial charge is 0.495 e. The first-order valence-electron chi connectivity index (χ1n) is 12.7. The Labute approximate surface area is 235 Å². The highest BCUT2D eigenvalue weighted by atomic mass is 35.5. The number of aryl methyl sites for hydroxylation is 1. The average Bonchev–Trinajstić information content (AvgIpc) is 2.92. The summed E-state index contributed by atoms with van der Waals surface area (Å²) in [6.07, 6.45) is 0.351. The van der Waals surface area contributed by atoms with Crippen LogP contribution in [-0.4, -0.2) is 51.4 Å². The zero-order valence-electron chi connectivity index (χ0n) is 22.6. The van der Waals surface area contributed by atoms with Gasteiger partial charge in [-0.15, -0.1) is 0 Å². The Morgan fingerprint density at radius 2 is 1.67 bits per heavy atom. The highest BCUT2D eigenvalue weighted by Crippen LogP contribution is 2.32. The molecule has 0 spiro atoms. The Hall–Kier alpha value is -3.56. The van der Waals surface area contributed by atoms with E-state index in [1.54, 1.807) is 25.1 Å². The lowest BCUT2D eigenvalue weighted by Gasteiger charge is -2.33. The van der Waals surface area contributed by atoms with Crippen LogP contribution in [0.5, 0.6) is 5.75 Å². The molecule has 0 aliphatic rings. The summed E-state index contributed by atoms with van der Waals surface area (Å²) in [5.74, 6) is -0.461. The number of carbonyl (C=O) groups excluding carboxylic acids is 2. The minimum Gasteiger partial charge on any atom is -0.495 e. The monoisotopic (exact) mass is 571 g/mol. The Balaban J connectivity index is 2.08. The second kappa shape index (κ2) is 13.5. The third-order valence-electron chi connectivity index (χ3n) is 6.24. The van der Waals surface area contributed by atoms with Crippen LogP contribution >= 0.6 is 11.6 Å². The van der Waals surface area contributed by atoms with Crippen molar-refractivity contribution >= 4 is 39.1 Å². The lowest BCUT2D eigenvalue weighted by molar-refractivity contribution is -0.140. The summed E-state index contributed by atoms with van der Waals surface area (Å²) < 4.78 is 34.1. The van der Waals surface area contributed by atoms with Crippen molar-refractivity contribution in [2.45, 2.75) is 44.7 Å². The fourth-order valence-corrected chi connectivity index (χ4v) is 5.83. The van der Waals surface area contributed by atoms with Gasteiger partial charge in [-0.05, 0) is 56.2 Å².